The summed E-state index contributed by atoms with van der Waals surface area (Å²) in [6, 6.07) is 2.17. The largest absolute Gasteiger partial charge is 0.462 e. The summed E-state index contributed by atoms with van der Waals surface area (Å²) in [5.74, 6) is -0.0103. The van der Waals surface area contributed by atoms with Crippen molar-refractivity contribution in [2.75, 3.05) is 20.2 Å². The maximum Gasteiger partial charge on any atom is 0.317 e. The molecule has 1 saturated heterocycles. The highest BCUT2D eigenvalue weighted by atomic mass is 16.5. The van der Waals surface area contributed by atoms with Crippen LogP contribution in [0, 0.1) is 5.41 Å². The predicted molar refractivity (Wildman–Crippen MR) is 108 cm³/mol. The molecule has 2 atom stereocenters. The van der Waals surface area contributed by atoms with E-state index >= 15 is 0 Å². The van der Waals surface area contributed by atoms with Crippen LogP contribution < -0.4 is 10.5 Å². The number of allylic oxidation sites excluding steroid dienone is 2. The van der Waals surface area contributed by atoms with Crippen LogP contribution in [0.5, 0.6) is 6.01 Å². The second-order valence-electron chi connectivity index (χ2n) is 8.60. The van der Waals surface area contributed by atoms with E-state index in [4.69, 9.17) is 10.5 Å². The third-order valence-corrected chi connectivity index (χ3v) is 6.88. The standard InChI is InChI=1S/C22H30N4O3/c1-26-13-5-6-15(26)14-29-21-24-12-9-17(25-21)19(28)16-7-4-11-22(20(16)23)10-3-2-8-18(22)27/h9,12,15H,2-8,10-11,13-14,23H2,1H3/t15-,22+/m0/s1. The van der Waals surface area contributed by atoms with Crippen molar-refractivity contribution in [3.63, 3.8) is 0 Å². The normalized spacial score (nSPS) is 28.2. The van der Waals surface area contributed by atoms with Crippen LogP contribution >= 0.6 is 0 Å². The zero-order valence-corrected chi connectivity index (χ0v) is 17.2. The van der Waals surface area contributed by atoms with Gasteiger partial charge in [0.05, 0.1) is 5.41 Å². The lowest BCUT2D eigenvalue weighted by atomic mass is 9.64. The van der Waals surface area contributed by atoms with E-state index in [0.717, 1.165) is 51.5 Å². The molecule has 2 heterocycles. The monoisotopic (exact) mass is 398 g/mol. The Balaban J connectivity index is 1.53. The molecule has 0 unspecified atom stereocenters. The molecule has 0 bridgehead atoms. The van der Waals surface area contributed by atoms with E-state index in [1.54, 1.807) is 12.3 Å². The van der Waals surface area contributed by atoms with Gasteiger partial charge in [-0.25, -0.2) is 4.98 Å². The molecule has 2 fully saturated rings. The average molecular weight is 399 g/mol. The first-order valence-electron chi connectivity index (χ1n) is 10.7. The third kappa shape index (κ3) is 3.80. The van der Waals surface area contributed by atoms with E-state index in [1.165, 1.54) is 0 Å². The Morgan fingerprint density at radius 3 is 2.86 bits per heavy atom. The summed E-state index contributed by atoms with van der Waals surface area (Å²) in [4.78, 5) is 36.7. The van der Waals surface area contributed by atoms with E-state index in [-0.39, 0.29) is 23.3 Å². The number of carbonyl (C=O) groups is 2. The van der Waals surface area contributed by atoms with Crippen molar-refractivity contribution < 1.29 is 14.3 Å². The van der Waals surface area contributed by atoms with Crippen LogP contribution in [0.15, 0.2) is 23.5 Å². The lowest BCUT2D eigenvalue weighted by Gasteiger charge is -2.40. The Labute approximate surface area is 171 Å². The molecule has 2 N–H and O–H groups in total. The Kier molecular flexibility index (Phi) is 5.67. The lowest BCUT2D eigenvalue weighted by molar-refractivity contribution is -0.129. The van der Waals surface area contributed by atoms with Gasteiger partial charge in [0.1, 0.15) is 18.1 Å². The van der Waals surface area contributed by atoms with Crippen LogP contribution in [0.4, 0.5) is 0 Å². The van der Waals surface area contributed by atoms with Gasteiger partial charge in [0.25, 0.3) is 0 Å². The number of nitrogens with zero attached hydrogens (tertiary/aromatic N) is 3. The molecule has 4 rings (SSSR count). The SMILES string of the molecule is CN1CCC[C@H]1COc1nccc(C(=O)C2=C(N)[C@]3(CCCCC3=O)CCC2)n1. The molecule has 0 amide bonds. The fraction of sp³-hybridized carbons (Fsp3) is 0.636. The van der Waals surface area contributed by atoms with Crippen LogP contribution in [0.25, 0.3) is 0 Å². The quantitative estimate of drug-likeness (QED) is 0.761. The zero-order valence-electron chi connectivity index (χ0n) is 17.2. The highest BCUT2D eigenvalue weighted by Crippen LogP contribution is 2.47. The summed E-state index contributed by atoms with van der Waals surface area (Å²) in [5, 5.41) is 0. The van der Waals surface area contributed by atoms with Crippen molar-refractivity contribution in [1.29, 1.82) is 0 Å². The van der Waals surface area contributed by atoms with Crippen molar-refractivity contribution in [3.8, 4) is 6.01 Å². The smallest absolute Gasteiger partial charge is 0.317 e. The molecular weight excluding hydrogens is 368 g/mol. The molecule has 7 nitrogen and oxygen atoms in total. The molecular formula is C22H30N4O3. The molecule has 156 valence electrons. The maximum absolute atomic E-state index is 13.2. The minimum absolute atomic E-state index is 0.193. The zero-order chi connectivity index (χ0) is 20.4. The van der Waals surface area contributed by atoms with Gasteiger partial charge < -0.3 is 15.4 Å². The van der Waals surface area contributed by atoms with E-state index in [2.05, 4.69) is 21.9 Å². The number of ketones is 2. The summed E-state index contributed by atoms with van der Waals surface area (Å²) in [6.07, 6.45) is 9.16. The van der Waals surface area contributed by atoms with Gasteiger partial charge in [0, 0.05) is 29.9 Å². The van der Waals surface area contributed by atoms with Crippen molar-refractivity contribution in [2.24, 2.45) is 11.1 Å². The molecule has 7 heteroatoms. The molecule has 3 aliphatic rings. The van der Waals surface area contributed by atoms with Gasteiger partial charge in [0.2, 0.25) is 5.78 Å². The summed E-state index contributed by atoms with van der Waals surface area (Å²) in [7, 11) is 2.09. The molecule has 1 aliphatic heterocycles. The number of ether oxygens (including phenoxy) is 1. The van der Waals surface area contributed by atoms with Crippen molar-refractivity contribution in [1.82, 2.24) is 14.9 Å². The van der Waals surface area contributed by atoms with Crippen LogP contribution in [0.3, 0.4) is 0 Å². The number of rotatable bonds is 5. The topological polar surface area (TPSA) is 98.4 Å². The Hall–Kier alpha value is -2.28. The van der Waals surface area contributed by atoms with Crippen LogP contribution in [-0.4, -0.2) is 52.7 Å². The van der Waals surface area contributed by atoms with Gasteiger partial charge in [0.15, 0.2) is 0 Å². The Morgan fingerprint density at radius 1 is 1.28 bits per heavy atom. The average Bonchev–Trinajstić information content (AvgIpc) is 3.15. The molecule has 0 aromatic carbocycles. The molecule has 2 aliphatic carbocycles. The van der Waals surface area contributed by atoms with E-state index in [0.29, 0.717) is 36.8 Å². The summed E-state index contributed by atoms with van der Waals surface area (Å²) < 4.78 is 5.77. The molecule has 1 saturated carbocycles. The molecule has 1 aromatic heterocycles. The Morgan fingerprint density at radius 2 is 2.10 bits per heavy atom. The molecule has 29 heavy (non-hydrogen) atoms. The van der Waals surface area contributed by atoms with Gasteiger partial charge in [-0.15, -0.1) is 0 Å². The van der Waals surface area contributed by atoms with Gasteiger partial charge in [-0.1, -0.05) is 6.42 Å². The minimum atomic E-state index is -0.638. The number of carbonyl (C=O) groups excluding carboxylic acids is 2. The van der Waals surface area contributed by atoms with Crippen molar-refractivity contribution >= 4 is 11.6 Å². The van der Waals surface area contributed by atoms with Gasteiger partial charge in [-0.2, -0.15) is 4.98 Å². The van der Waals surface area contributed by atoms with E-state index in [9.17, 15) is 9.59 Å². The minimum Gasteiger partial charge on any atom is -0.462 e. The first-order valence-corrected chi connectivity index (χ1v) is 10.7. The van der Waals surface area contributed by atoms with Gasteiger partial charge >= 0.3 is 6.01 Å². The number of hydrogen-bond acceptors (Lipinski definition) is 7. The number of aromatic nitrogens is 2. The second-order valence-corrected chi connectivity index (χ2v) is 8.60. The third-order valence-electron chi connectivity index (χ3n) is 6.88. The number of nitrogens with two attached hydrogens (primary N) is 1. The first-order chi connectivity index (χ1) is 14.0. The fourth-order valence-corrected chi connectivity index (χ4v) is 5.05. The van der Waals surface area contributed by atoms with Crippen LogP contribution in [0.1, 0.15) is 68.3 Å². The second kappa shape index (κ2) is 8.22. The predicted octanol–water partition coefficient (Wildman–Crippen LogP) is 2.66. The van der Waals surface area contributed by atoms with Crippen molar-refractivity contribution in [2.45, 2.75) is 63.8 Å². The first kappa shape index (κ1) is 20.0. The van der Waals surface area contributed by atoms with E-state index in [1.807, 2.05) is 0 Å². The lowest BCUT2D eigenvalue weighted by Crippen LogP contribution is -2.42. The highest BCUT2D eigenvalue weighted by molar-refractivity contribution is 6.09. The Bertz CT molecular complexity index is 837. The van der Waals surface area contributed by atoms with E-state index < -0.39 is 5.41 Å². The maximum atomic E-state index is 13.2. The molecule has 1 spiro atoms. The summed E-state index contributed by atoms with van der Waals surface area (Å²) in [5.41, 5.74) is 7.14. The highest BCUT2D eigenvalue weighted by Gasteiger charge is 2.45. The molecule has 1 aromatic rings. The number of hydrogen-bond donors (Lipinski definition) is 1. The fourth-order valence-electron chi connectivity index (χ4n) is 5.05. The number of Topliss-reactive ketones (excluding diaryl/α,β-unsaturated/α-hetero) is 2. The van der Waals surface area contributed by atoms with Crippen molar-refractivity contribution in [3.05, 3.63) is 29.2 Å². The van der Waals surface area contributed by atoms with Crippen LogP contribution in [-0.2, 0) is 4.79 Å². The van der Waals surface area contributed by atoms with Gasteiger partial charge in [-0.05, 0) is 64.6 Å². The van der Waals surface area contributed by atoms with Gasteiger partial charge in [-0.3, -0.25) is 9.59 Å². The number of likely N-dealkylation sites (tertiary alicyclic amines) is 1. The summed E-state index contributed by atoms with van der Waals surface area (Å²) >= 11 is 0. The summed E-state index contributed by atoms with van der Waals surface area (Å²) in [6.45, 7) is 1.58. The molecule has 0 radical (unpaired) electrons. The van der Waals surface area contributed by atoms with Crippen LogP contribution in [0.2, 0.25) is 0 Å². The number of likely N-dealkylation sites (N-methyl/N-ethyl adjacent to an activating group) is 1.